The van der Waals surface area contributed by atoms with Gasteiger partial charge >= 0.3 is 5.97 Å². The molecule has 30 heavy (non-hydrogen) atoms. The molecule has 0 atom stereocenters. The summed E-state index contributed by atoms with van der Waals surface area (Å²) >= 11 is 6.32. The maximum absolute atomic E-state index is 11.7. The lowest BCUT2D eigenvalue weighted by Crippen LogP contribution is -2.10. The van der Waals surface area contributed by atoms with Crippen molar-refractivity contribution in [3.8, 4) is 11.1 Å². The molecule has 0 fully saturated rings. The van der Waals surface area contributed by atoms with E-state index in [0.717, 1.165) is 59.3 Å². The minimum Gasteiger partial charge on any atom is -0.466 e. The van der Waals surface area contributed by atoms with Gasteiger partial charge in [0.1, 0.15) is 0 Å². The van der Waals surface area contributed by atoms with E-state index in [-0.39, 0.29) is 5.97 Å². The minimum absolute atomic E-state index is 0.141. The zero-order valence-corrected chi connectivity index (χ0v) is 18.7. The maximum atomic E-state index is 11.7. The molecule has 3 aromatic rings. The Morgan fingerprint density at radius 3 is 2.70 bits per heavy atom. The molecule has 6 heteroatoms. The predicted octanol–water partition coefficient (Wildman–Crippen LogP) is 5.64. The Balaban J connectivity index is 2.04. The smallest absolute Gasteiger partial charge is 0.305 e. The highest BCUT2D eigenvalue weighted by Gasteiger charge is 2.19. The van der Waals surface area contributed by atoms with Crippen molar-refractivity contribution in [3.63, 3.8) is 0 Å². The van der Waals surface area contributed by atoms with Gasteiger partial charge < -0.3 is 9.47 Å². The lowest BCUT2D eigenvalue weighted by Gasteiger charge is -2.17. The number of rotatable bonds is 10. The molecule has 0 N–H and O–H groups in total. The quantitative estimate of drug-likeness (QED) is 0.309. The highest BCUT2D eigenvalue weighted by atomic mass is 35.5. The Hall–Kier alpha value is -2.37. The number of hydrogen-bond acceptors (Lipinski definition) is 4. The summed E-state index contributed by atoms with van der Waals surface area (Å²) in [7, 11) is 1.69. The normalized spacial score (nSPS) is 11.2. The van der Waals surface area contributed by atoms with Crippen molar-refractivity contribution >= 4 is 23.1 Å². The second-order valence-corrected chi connectivity index (χ2v) is 7.67. The Labute approximate surface area is 183 Å². The summed E-state index contributed by atoms with van der Waals surface area (Å²) in [6, 6.07) is 12.2. The highest BCUT2D eigenvalue weighted by molar-refractivity contribution is 6.30. The van der Waals surface area contributed by atoms with E-state index in [9.17, 15) is 4.79 Å². The molecule has 0 aliphatic rings. The molecule has 2 aromatic heterocycles. The van der Waals surface area contributed by atoms with E-state index in [1.807, 2.05) is 29.6 Å². The fraction of sp³-hybridized carbons (Fsp3) is 0.417. The Kier molecular flexibility index (Phi) is 7.88. The average Bonchev–Trinajstić information content (AvgIpc) is 3.14. The fourth-order valence-electron chi connectivity index (χ4n) is 3.82. The monoisotopic (exact) mass is 428 g/mol. The van der Waals surface area contributed by atoms with Crippen LogP contribution in [0.2, 0.25) is 5.02 Å². The van der Waals surface area contributed by atoms with Gasteiger partial charge in [0.25, 0.3) is 0 Å². The lowest BCUT2D eigenvalue weighted by molar-refractivity contribution is -0.143. The second kappa shape index (κ2) is 10.6. The third-order valence-corrected chi connectivity index (χ3v) is 5.42. The van der Waals surface area contributed by atoms with Gasteiger partial charge in [-0.05, 0) is 68.0 Å². The van der Waals surface area contributed by atoms with Crippen LogP contribution in [0.4, 0.5) is 0 Å². The highest BCUT2D eigenvalue weighted by Crippen LogP contribution is 2.34. The molecular weight excluding hydrogens is 400 g/mol. The number of esters is 1. The first-order chi connectivity index (χ1) is 14.6. The molecule has 0 radical (unpaired) electrons. The van der Waals surface area contributed by atoms with E-state index < -0.39 is 0 Å². The maximum Gasteiger partial charge on any atom is 0.305 e. The molecule has 0 bridgehead atoms. The molecule has 1 aromatic carbocycles. The van der Waals surface area contributed by atoms with Crippen molar-refractivity contribution in [3.05, 3.63) is 58.4 Å². The summed E-state index contributed by atoms with van der Waals surface area (Å²) in [5.41, 5.74) is 6.48. The molecule has 0 amide bonds. The third-order valence-electron chi connectivity index (χ3n) is 5.18. The summed E-state index contributed by atoms with van der Waals surface area (Å²) in [6.45, 7) is 4.80. The van der Waals surface area contributed by atoms with Crippen molar-refractivity contribution in [2.45, 2.75) is 52.6 Å². The lowest BCUT2D eigenvalue weighted by atomic mass is 9.94. The van der Waals surface area contributed by atoms with Crippen molar-refractivity contribution in [1.29, 1.82) is 0 Å². The number of aromatic nitrogens is 2. The average molecular weight is 429 g/mol. The standard InChI is InChI=1S/C24H29ClN2O3/c1-4-19-13-14-22-24(17-9-8-10-18(25)15-17)20(21(16-29-3)26-27(19)22)11-6-7-12-23(28)30-5-2/h8-10,13-15H,4-7,11-12,16H2,1-3H3. The largest absolute Gasteiger partial charge is 0.466 e. The van der Waals surface area contributed by atoms with E-state index in [1.165, 1.54) is 0 Å². The van der Waals surface area contributed by atoms with Crippen LogP contribution < -0.4 is 0 Å². The topological polar surface area (TPSA) is 52.8 Å². The molecule has 160 valence electrons. The van der Waals surface area contributed by atoms with Crippen LogP contribution in [0.25, 0.3) is 16.6 Å². The molecular formula is C24H29ClN2O3. The Morgan fingerprint density at radius 2 is 2.00 bits per heavy atom. The molecule has 0 spiro atoms. The van der Waals surface area contributed by atoms with Crippen LogP contribution in [0, 0.1) is 0 Å². The summed E-state index contributed by atoms with van der Waals surface area (Å²) in [5, 5.41) is 5.61. The number of benzene rings is 1. The molecule has 0 saturated carbocycles. The third kappa shape index (κ3) is 5.02. The van der Waals surface area contributed by atoms with Gasteiger partial charge in [0.2, 0.25) is 0 Å². The van der Waals surface area contributed by atoms with Crippen LogP contribution in [-0.4, -0.2) is 29.3 Å². The van der Waals surface area contributed by atoms with Crippen LogP contribution in [0.5, 0.6) is 0 Å². The van der Waals surface area contributed by atoms with Crippen LogP contribution in [0.1, 0.15) is 50.1 Å². The fourth-order valence-corrected chi connectivity index (χ4v) is 4.01. The van der Waals surface area contributed by atoms with Crippen molar-refractivity contribution in [2.75, 3.05) is 13.7 Å². The zero-order valence-electron chi connectivity index (χ0n) is 17.9. The summed E-state index contributed by atoms with van der Waals surface area (Å²) in [4.78, 5) is 11.7. The number of carbonyl (C=O) groups is 1. The Morgan fingerprint density at radius 1 is 1.17 bits per heavy atom. The first-order valence-corrected chi connectivity index (χ1v) is 10.9. The van der Waals surface area contributed by atoms with E-state index in [2.05, 4.69) is 25.1 Å². The van der Waals surface area contributed by atoms with Crippen molar-refractivity contribution in [1.82, 2.24) is 9.61 Å². The summed E-state index contributed by atoms with van der Waals surface area (Å²) < 4.78 is 12.5. The number of hydrogen-bond donors (Lipinski definition) is 0. The van der Waals surface area contributed by atoms with Gasteiger partial charge in [0, 0.05) is 29.8 Å². The van der Waals surface area contributed by atoms with Gasteiger partial charge in [-0.3, -0.25) is 4.79 Å². The summed E-state index contributed by atoms with van der Waals surface area (Å²) in [6.07, 6.45) is 3.76. The number of unbranched alkanes of at least 4 members (excludes halogenated alkanes) is 1. The number of carbonyl (C=O) groups excluding carboxylic acids is 1. The van der Waals surface area contributed by atoms with Gasteiger partial charge in [-0.15, -0.1) is 0 Å². The number of halogens is 1. The van der Waals surface area contributed by atoms with Gasteiger partial charge in [-0.25, -0.2) is 4.52 Å². The van der Waals surface area contributed by atoms with Gasteiger partial charge in [-0.2, -0.15) is 5.10 Å². The minimum atomic E-state index is -0.141. The van der Waals surface area contributed by atoms with Gasteiger partial charge in [0.15, 0.2) is 0 Å². The number of fused-ring (bicyclic) bond motifs is 1. The molecule has 5 nitrogen and oxygen atoms in total. The molecule has 0 unspecified atom stereocenters. The number of ether oxygens (including phenoxy) is 2. The molecule has 0 aliphatic carbocycles. The summed E-state index contributed by atoms with van der Waals surface area (Å²) in [5.74, 6) is -0.141. The van der Waals surface area contributed by atoms with E-state index in [1.54, 1.807) is 7.11 Å². The Bertz CT molecular complexity index is 1010. The van der Waals surface area contributed by atoms with Crippen LogP contribution >= 0.6 is 11.6 Å². The van der Waals surface area contributed by atoms with Gasteiger partial charge in [-0.1, -0.05) is 30.7 Å². The molecule has 2 heterocycles. The van der Waals surface area contributed by atoms with Gasteiger partial charge in [0.05, 0.1) is 24.4 Å². The van der Waals surface area contributed by atoms with Crippen LogP contribution in [0.15, 0.2) is 36.4 Å². The van der Waals surface area contributed by atoms with Crippen molar-refractivity contribution in [2.24, 2.45) is 0 Å². The second-order valence-electron chi connectivity index (χ2n) is 7.23. The van der Waals surface area contributed by atoms with E-state index in [4.69, 9.17) is 26.2 Å². The van der Waals surface area contributed by atoms with E-state index in [0.29, 0.717) is 24.7 Å². The van der Waals surface area contributed by atoms with E-state index >= 15 is 0 Å². The SMILES string of the molecule is CCOC(=O)CCCCc1c(COC)nn2c(CC)ccc2c1-c1cccc(Cl)c1. The molecule has 3 rings (SSSR count). The van der Waals surface area contributed by atoms with Crippen LogP contribution in [-0.2, 0) is 33.7 Å². The first-order valence-electron chi connectivity index (χ1n) is 10.5. The zero-order chi connectivity index (χ0) is 21.5. The number of aryl methyl sites for hydroxylation is 1. The predicted molar refractivity (Wildman–Crippen MR) is 120 cm³/mol. The van der Waals surface area contributed by atoms with Crippen molar-refractivity contribution < 1.29 is 14.3 Å². The molecule has 0 aliphatic heterocycles. The number of methoxy groups -OCH3 is 1. The van der Waals surface area contributed by atoms with Crippen LogP contribution in [0.3, 0.4) is 0 Å². The molecule has 0 saturated heterocycles. The number of nitrogens with zero attached hydrogens (tertiary/aromatic N) is 2. The first kappa shape index (κ1) is 22.3.